The molecule has 0 radical (unpaired) electrons. The number of carbonyl (C=O) groups excluding carboxylic acids is 1. The highest BCUT2D eigenvalue weighted by Crippen LogP contribution is 1.90. The Kier molecular flexibility index (Phi) is 8.51. The zero-order valence-corrected chi connectivity index (χ0v) is 8.13. The highest BCUT2D eigenvalue weighted by atomic mass is 35.5. The standard InChI is InChI=1S/C7H13ClN4O/c8-4-2-5-10-7(13)3-1-6-11-12-9/h1-6H2,(H,10,13). The first-order valence-electron chi connectivity index (χ1n) is 4.14. The van der Waals surface area contributed by atoms with Crippen molar-refractivity contribution in [2.45, 2.75) is 19.3 Å². The lowest BCUT2D eigenvalue weighted by Crippen LogP contribution is -2.24. The van der Waals surface area contributed by atoms with Gasteiger partial charge in [-0.05, 0) is 18.4 Å². The summed E-state index contributed by atoms with van der Waals surface area (Å²) in [5.74, 6) is 0.539. The van der Waals surface area contributed by atoms with Crippen molar-refractivity contribution in [3.8, 4) is 0 Å². The molecule has 0 aliphatic rings. The highest BCUT2D eigenvalue weighted by Gasteiger charge is 1.98. The molecule has 0 aromatic heterocycles. The van der Waals surface area contributed by atoms with Gasteiger partial charge in [-0.2, -0.15) is 0 Å². The summed E-state index contributed by atoms with van der Waals surface area (Å²) in [5.41, 5.74) is 7.95. The highest BCUT2D eigenvalue weighted by molar-refractivity contribution is 6.17. The van der Waals surface area contributed by atoms with E-state index in [-0.39, 0.29) is 5.91 Å². The number of azide groups is 1. The summed E-state index contributed by atoms with van der Waals surface area (Å²) in [5, 5.41) is 6.02. The van der Waals surface area contributed by atoms with Gasteiger partial charge < -0.3 is 5.32 Å². The van der Waals surface area contributed by atoms with Crippen LogP contribution >= 0.6 is 11.6 Å². The summed E-state index contributed by atoms with van der Waals surface area (Å²) in [7, 11) is 0. The van der Waals surface area contributed by atoms with Crippen molar-refractivity contribution < 1.29 is 4.79 Å². The van der Waals surface area contributed by atoms with Gasteiger partial charge in [-0.1, -0.05) is 5.11 Å². The van der Waals surface area contributed by atoms with Gasteiger partial charge in [0.1, 0.15) is 0 Å². The van der Waals surface area contributed by atoms with Crippen molar-refractivity contribution in [2.24, 2.45) is 5.11 Å². The number of amides is 1. The molecule has 0 aromatic carbocycles. The van der Waals surface area contributed by atoms with Crippen molar-refractivity contribution in [2.75, 3.05) is 19.0 Å². The van der Waals surface area contributed by atoms with Gasteiger partial charge in [0.25, 0.3) is 0 Å². The Balaban J connectivity index is 3.24. The van der Waals surface area contributed by atoms with Crippen molar-refractivity contribution in [1.82, 2.24) is 5.32 Å². The summed E-state index contributed by atoms with van der Waals surface area (Å²) < 4.78 is 0. The van der Waals surface area contributed by atoms with Crippen molar-refractivity contribution in [1.29, 1.82) is 0 Å². The zero-order valence-electron chi connectivity index (χ0n) is 7.37. The van der Waals surface area contributed by atoms with Crippen LogP contribution in [0.15, 0.2) is 5.11 Å². The Morgan fingerprint density at radius 3 is 2.92 bits per heavy atom. The molecule has 0 atom stereocenters. The van der Waals surface area contributed by atoms with Crippen molar-refractivity contribution >= 4 is 17.5 Å². The lowest BCUT2D eigenvalue weighted by atomic mass is 10.3. The third-order valence-corrected chi connectivity index (χ3v) is 1.63. The number of alkyl halides is 1. The Bertz CT molecular complexity index is 191. The Hall–Kier alpha value is -0.930. The number of carbonyl (C=O) groups is 1. The van der Waals surface area contributed by atoms with Crippen LogP contribution in [0.3, 0.4) is 0 Å². The van der Waals surface area contributed by atoms with E-state index in [2.05, 4.69) is 15.3 Å². The SMILES string of the molecule is [N-]=[N+]=NCCCC(=O)NCCCCl. The van der Waals surface area contributed by atoms with E-state index in [9.17, 15) is 4.79 Å². The molecule has 0 fully saturated rings. The second kappa shape index (κ2) is 9.16. The van der Waals surface area contributed by atoms with E-state index in [4.69, 9.17) is 17.1 Å². The van der Waals surface area contributed by atoms with E-state index >= 15 is 0 Å². The van der Waals surface area contributed by atoms with E-state index in [0.29, 0.717) is 31.8 Å². The van der Waals surface area contributed by atoms with Gasteiger partial charge in [0.15, 0.2) is 0 Å². The summed E-state index contributed by atoms with van der Waals surface area (Å²) >= 11 is 5.42. The number of rotatable bonds is 7. The molecule has 0 saturated heterocycles. The molecule has 0 saturated carbocycles. The van der Waals surface area contributed by atoms with Gasteiger partial charge in [0, 0.05) is 30.3 Å². The second-order valence-electron chi connectivity index (χ2n) is 2.45. The van der Waals surface area contributed by atoms with E-state index < -0.39 is 0 Å². The maximum Gasteiger partial charge on any atom is 0.219 e. The Morgan fingerprint density at radius 2 is 2.31 bits per heavy atom. The lowest BCUT2D eigenvalue weighted by molar-refractivity contribution is -0.121. The Morgan fingerprint density at radius 1 is 1.54 bits per heavy atom. The van der Waals surface area contributed by atoms with Crippen LogP contribution in [0.5, 0.6) is 0 Å². The Labute approximate surface area is 82.1 Å². The molecule has 0 aromatic rings. The van der Waals surface area contributed by atoms with Crippen LogP contribution in [0, 0.1) is 0 Å². The number of hydrogen-bond donors (Lipinski definition) is 1. The van der Waals surface area contributed by atoms with Gasteiger partial charge in [0.05, 0.1) is 0 Å². The van der Waals surface area contributed by atoms with E-state index in [1.807, 2.05) is 0 Å². The molecule has 0 unspecified atom stereocenters. The van der Waals surface area contributed by atoms with Crippen molar-refractivity contribution in [3.63, 3.8) is 0 Å². The quantitative estimate of drug-likeness (QED) is 0.222. The van der Waals surface area contributed by atoms with Gasteiger partial charge in [-0.3, -0.25) is 4.79 Å². The molecule has 5 nitrogen and oxygen atoms in total. The molecule has 6 heteroatoms. The summed E-state index contributed by atoms with van der Waals surface area (Å²) in [6.45, 7) is 0.989. The molecule has 0 rings (SSSR count). The molecule has 0 spiro atoms. The van der Waals surface area contributed by atoms with Gasteiger partial charge in [-0.15, -0.1) is 11.6 Å². The molecule has 74 valence electrons. The van der Waals surface area contributed by atoms with Crippen LogP contribution in [0.4, 0.5) is 0 Å². The maximum absolute atomic E-state index is 11.0. The first-order chi connectivity index (χ1) is 6.31. The topological polar surface area (TPSA) is 77.9 Å². The van der Waals surface area contributed by atoms with E-state index in [0.717, 1.165) is 6.42 Å². The summed E-state index contributed by atoms with van der Waals surface area (Å²) in [6, 6.07) is 0. The third-order valence-electron chi connectivity index (χ3n) is 1.36. The maximum atomic E-state index is 11.0. The molecule has 1 amide bonds. The molecule has 0 aliphatic heterocycles. The molecule has 0 aliphatic carbocycles. The third kappa shape index (κ3) is 8.98. The fourth-order valence-electron chi connectivity index (χ4n) is 0.738. The van der Waals surface area contributed by atoms with Gasteiger partial charge in [0.2, 0.25) is 5.91 Å². The lowest BCUT2D eigenvalue weighted by Gasteiger charge is -2.01. The van der Waals surface area contributed by atoms with E-state index in [1.54, 1.807) is 0 Å². The summed E-state index contributed by atoms with van der Waals surface area (Å²) in [4.78, 5) is 13.6. The zero-order chi connectivity index (χ0) is 9.94. The van der Waals surface area contributed by atoms with Crippen LogP contribution in [0.2, 0.25) is 0 Å². The van der Waals surface area contributed by atoms with Gasteiger partial charge in [-0.25, -0.2) is 0 Å². The van der Waals surface area contributed by atoms with Gasteiger partial charge >= 0.3 is 0 Å². The smallest absolute Gasteiger partial charge is 0.219 e. The van der Waals surface area contributed by atoms with Crippen molar-refractivity contribution in [3.05, 3.63) is 10.4 Å². The molecule has 1 N–H and O–H groups in total. The number of nitrogens with zero attached hydrogens (tertiary/aromatic N) is 3. The van der Waals surface area contributed by atoms with Crippen LogP contribution in [0.25, 0.3) is 10.4 Å². The average molecular weight is 205 g/mol. The first-order valence-corrected chi connectivity index (χ1v) is 4.68. The molecule has 13 heavy (non-hydrogen) atoms. The monoisotopic (exact) mass is 204 g/mol. The minimum absolute atomic E-state index is 0.0155. The van der Waals surface area contributed by atoms with E-state index in [1.165, 1.54) is 0 Å². The fraction of sp³-hybridized carbons (Fsp3) is 0.857. The minimum Gasteiger partial charge on any atom is -0.356 e. The second-order valence-corrected chi connectivity index (χ2v) is 2.83. The molecule has 0 heterocycles. The summed E-state index contributed by atoms with van der Waals surface area (Å²) in [6.07, 6.45) is 1.78. The predicted octanol–water partition coefficient (Wildman–Crippen LogP) is 1.82. The fourth-order valence-corrected chi connectivity index (χ4v) is 0.872. The van der Waals surface area contributed by atoms with Crippen LogP contribution < -0.4 is 5.32 Å². The molecular formula is C7H13ClN4O. The largest absolute Gasteiger partial charge is 0.356 e. The first kappa shape index (κ1) is 12.1. The normalized spacial score (nSPS) is 9.00. The predicted molar refractivity (Wildman–Crippen MR) is 51.6 cm³/mol. The number of halogens is 1. The van der Waals surface area contributed by atoms with Crippen LogP contribution in [-0.2, 0) is 4.79 Å². The molecular weight excluding hydrogens is 192 g/mol. The average Bonchev–Trinajstić information content (AvgIpc) is 2.13. The van der Waals surface area contributed by atoms with Crippen LogP contribution in [-0.4, -0.2) is 24.9 Å². The minimum atomic E-state index is -0.0155. The molecule has 0 bridgehead atoms. The number of hydrogen-bond acceptors (Lipinski definition) is 2. The number of nitrogens with one attached hydrogen (secondary N) is 1. The van der Waals surface area contributed by atoms with Crippen LogP contribution in [0.1, 0.15) is 19.3 Å².